The first-order valence-electron chi connectivity index (χ1n) is 13.0. The number of aromatic nitrogens is 2. The number of anilines is 4. The number of para-hydroxylation sites is 1. The van der Waals surface area contributed by atoms with Gasteiger partial charge in [-0.1, -0.05) is 37.3 Å². The second-order valence-electron chi connectivity index (χ2n) is 9.85. The molecule has 7 nitrogen and oxygen atoms in total. The largest absolute Gasteiger partial charge is 0.368 e. The Hall–Kier alpha value is -3.46. The fraction of sp³-hybridized carbons (Fsp3) is 0.393. The first kappa shape index (κ1) is 25.2. The predicted molar refractivity (Wildman–Crippen MR) is 153 cm³/mol. The molecule has 2 N–H and O–H groups in total. The molecule has 0 radical (unpaired) electrons. The van der Waals surface area contributed by atoms with Gasteiger partial charge in [-0.05, 0) is 60.8 Å². The molecule has 2 fully saturated rings. The second-order valence-corrected chi connectivity index (χ2v) is 10.3. The Bertz CT molecular complexity index is 1180. The third kappa shape index (κ3) is 6.65. The van der Waals surface area contributed by atoms with Crippen LogP contribution in [0.25, 0.3) is 0 Å². The number of piperazine rings is 1. The summed E-state index contributed by atoms with van der Waals surface area (Å²) in [7, 11) is 0. The maximum Gasteiger partial charge on any atom is 0.232 e. The molecule has 3 aromatic rings. The van der Waals surface area contributed by atoms with Crippen LogP contribution in [0.1, 0.15) is 25.3 Å². The average molecular weight is 520 g/mol. The van der Waals surface area contributed by atoms with Gasteiger partial charge in [-0.2, -0.15) is 9.97 Å². The smallest absolute Gasteiger partial charge is 0.232 e. The number of thiocarbonyl (C=S) groups is 1. The molecule has 0 spiro atoms. The van der Waals surface area contributed by atoms with E-state index in [0.29, 0.717) is 23.5 Å². The van der Waals surface area contributed by atoms with E-state index in [2.05, 4.69) is 68.7 Å². The van der Waals surface area contributed by atoms with Crippen molar-refractivity contribution in [3.8, 4) is 0 Å². The highest BCUT2D eigenvalue weighted by molar-refractivity contribution is 7.80. The number of halogens is 1. The Morgan fingerprint density at radius 2 is 1.59 bits per heavy atom. The number of nitrogens with one attached hydrogen (secondary N) is 2. The molecule has 1 aromatic heterocycles. The lowest BCUT2D eigenvalue weighted by atomic mass is 10.0. The van der Waals surface area contributed by atoms with Crippen LogP contribution in [0.15, 0.2) is 60.7 Å². The van der Waals surface area contributed by atoms with E-state index in [4.69, 9.17) is 22.2 Å². The summed E-state index contributed by atoms with van der Waals surface area (Å²) in [5.74, 6) is 2.73. The van der Waals surface area contributed by atoms with Crippen LogP contribution in [0.4, 0.5) is 27.7 Å². The summed E-state index contributed by atoms with van der Waals surface area (Å²) in [6, 6.07) is 19.1. The van der Waals surface area contributed by atoms with Crippen LogP contribution >= 0.6 is 12.2 Å². The van der Waals surface area contributed by atoms with Crippen molar-refractivity contribution in [1.29, 1.82) is 0 Å². The van der Waals surface area contributed by atoms with Crippen LogP contribution in [0, 0.1) is 11.7 Å². The quantitative estimate of drug-likeness (QED) is 0.456. The molecule has 3 heterocycles. The molecular formula is C28H34FN7S. The van der Waals surface area contributed by atoms with Gasteiger partial charge in [0.1, 0.15) is 17.5 Å². The lowest BCUT2D eigenvalue weighted by Crippen LogP contribution is -2.47. The van der Waals surface area contributed by atoms with Crippen LogP contribution in [0.2, 0.25) is 0 Å². The summed E-state index contributed by atoms with van der Waals surface area (Å²) in [6.45, 7) is 8.41. The van der Waals surface area contributed by atoms with Crippen LogP contribution in [0.3, 0.4) is 0 Å². The van der Waals surface area contributed by atoms with Gasteiger partial charge in [0.05, 0.1) is 0 Å². The van der Waals surface area contributed by atoms with E-state index < -0.39 is 0 Å². The van der Waals surface area contributed by atoms with Gasteiger partial charge in [0.2, 0.25) is 5.95 Å². The van der Waals surface area contributed by atoms with Gasteiger partial charge in [-0.3, -0.25) is 0 Å². The van der Waals surface area contributed by atoms with Crippen molar-refractivity contribution in [3.63, 3.8) is 0 Å². The minimum absolute atomic E-state index is 0.251. The van der Waals surface area contributed by atoms with Gasteiger partial charge in [-0.25, -0.2) is 4.39 Å². The summed E-state index contributed by atoms with van der Waals surface area (Å²) in [4.78, 5) is 16.8. The molecule has 1 atom stereocenters. The van der Waals surface area contributed by atoms with Gasteiger partial charge in [0.15, 0.2) is 5.11 Å². The summed E-state index contributed by atoms with van der Waals surface area (Å²) >= 11 is 5.54. The van der Waals surface area contributed by atoms with Crippen molar-refractivity contribution in [1.82, 2.24) is 15.3 Å². The van der Waals surface area contributed by atoms with Gasteiger partial charge in [0, 0.05) is 57.6 Å². The molecule has 0 unspecified atom stereocenters. The lowest BCUT2D eigenvalue weighted by Gasteiger charge is -2.37. The number of hydrogen-bond acceptors (Lipinski definition) is 6. The Balaban J connectivity index is 1.30. The summed E-state index contributed by atoms with van der Waals surface area (Å²) in [5, 5.41) is 6.81. The molecule has 0 amide bonds. The van der Waals surface area contributed by atoms with E-state index in [0.717, 1.165) is 62.9 Å². The highest BCUT2D eigenvalue weighted by Crippen LogP contribution is 2.27. The number of benzene rings is 2. The molecule has 0 aliphatic carbocycles. The first-order valence-corrected chi connectivity index (χ1v) is 13.4. The van der Waals surface area contributed by atoms with Crippen LogP contribution in [-0.4, -0.2) is 54.3 Å². The van der Waals surface area contributed by atoms with Gasteiger partial charge < -0.3 is 25.3 Å². The zero-order chi connectivity index (χ0) is 25.6. The standard InChI is InChI=1S/C28H34FN7S/c1-21-6-5-13-36(20-21)26-18-25(35-16-14-34(15-17-35)24-7-3-2-4-8-24)31-27(32-26)33-28(37)30-19-22-9-11-23(29)12-10-22/h2-4,7-12,18,21H,5-6,13-17,19-20H2,1H3,(H2,30,31,32,33,37)/t21-/m0/s1. The first-order chi connectivity index (χ1) is 18.0. The Morgan fingerprint density at radius 3 is 2.30 bits per heavy atom. The summed E-state index contributed by atoms with van der Waals surface area (Å²) < 4.78 is 13.2. The normalized spacial score (nSPS) is 18.0. The molecule has 2 aliphatic rings. The van der Waals surface area contributed by atoms with Gasteiger partial charge in [0.25, 0.3) is 0 Å². The molecule has 0 bridgehead atoms. The number of nitrogens with zero attached hydrogens (tertiary/aromatic N) is 5. The average Bonchev–Trinajstić information content (AvgIpc) is 2.93. The van der Waals surface area contributed by atoms with E-state index >= 15 is 0 Å². The fourth-order valence-electron chi connectivity index (χ4n) is 4.96. The minimum atomic E-state index is -0.251. The lowest BCUT2D eigenvalue weighted by molar-refractivity contribution is 0.444. The highest BCUT2D eigenvalue weighted by Gasteiger charge is 2.23. The fourth-order valence-corrected chi connectivity index (χ4v) is 5.13. The maximum atomic E-state index is 13.2. The monoisotopic (exact) mass is 519 g/mol. The maximum absolute atomic E-state index is 13.2. The Kier molecular flexibility index (Phi) is 7.99. The van der Waals surface area contributed by atoms with Crippen LogP contribution in [0.5, 0.6) is 0 Å². The molecule has 9 heteroatoms. The van der Waals surface area contributed by atoms with Crippen molar-refractivity contribution in [2.24, 2.45) is 5.92 Å². The minimum Gasteiger partial charge on any atom is -0.368 e. The van der Waals surface area contributed by atoms with E-state index in [9.17, 15) is 4.39 Å². The Morgan fingerprint density at radius 1 is 0.919 bits per heavy atom. The molecule has 0 saturated carbocycles. The Labute approximate surface area is 223 Å². The topological polar surface area (TPSA) is 59.6 Å². The molecule has 2 saturated heterocycles. The number of rotatable bonds is 6. The molecule has 194 valence electrons. The third-order valence-electron chi connectivity index (χ3n) is 7.00. The number of hydrogen-bond donors (Lipinski definition) is 2. The molecular weight excluding hydrogens is 485 g/mol. The van der Waals surface area contributed by atoms with Crippen molar-refractivity contribution >= 4 is 40.6 Å². The second kappa shape index (κ2) is 11.7. The highest BCUT2D eigenvalue weighted by atomic mass is 32.1. The van der Waals surface area contributed by atoms with E-state index in [1.165, 1.54) is 24.2 Å². The van der Waals surface area contributed by atoms with E-state index in [-0.39, 0.29) is 5.82 Å². The van der Waals surface area contributed by atoms with Crippen LogP contribution in [-0.2, 0) is 6.54 Å². The zero-order valence-corrected chi connectivity index (χ0v) is 22.1. The third-order valence-corrected chi connectivity index (χ3v) is 7.24. The van der Waals surface area contributed by atoms with E-state index in [1.54, 1.807) is 12.1 Å². The van der Waals surface area contributed by atoms with Crippen LogP contribution < -0.4 is 25.3 Å². The molecule has 5 rings (SSSR count). The van der Waals surface area contributed by atoms with E-state index in [1.807, 2.05) is 0 Å². The van der Waals surface area contributed by atoms with Crippen molar-refractivity contribution in [3.05, 3.63) is 72.0 Å². The SMILES string of the molecule is C[C@H]1CCCN(c2cc(N3CCN(c4ccccc4)CC3)nc(NC(=S)NCc3ccc(F)cc3)n2)C1. The zero-order valence-electron chi connectivity index (χ0n) is 21.2. The summed E-state index contributed by atoms with van der Waals surface area (Å²) in [5.41, 5.74) is 2.20. The number of piperidine rings is 1. The molecule has 37 heavy (non-hydrogen) atoms. The van der Waals surface area contributed by atoms with Crippen molar-refractivity contribution in [2.75, 3.05) is 59.3 Å². The van der Waals surface area contributed by atoms with Crippen molar-refractivity contribution in [2.45, 2.75) is 26.3 Å². The van der Waals surface area contributed by atoms with Crippen molar-refractivity contribution < 1.29 is 4.39 Å². The summed E-state index contributed by atoms with van der Waals surface area (Å²) in [6.07, 6.45) is 2.41. The van der Waals surface area contributed by atoms with Gasteiger partial charge in [-0.15, -0.1) is 0 Å². The molecule has 2 aromatic carbocycles. The molecule has 2 aliphatic heterocycles. The predicted octanol–water partition coefficient (Wildman–Crippen LogP) is 4.67. The van der Waals surface area contributed by atoms with Gasteiger partial charge >= 0.3 is 0 Å².